The normalized spacial score (nSPS) is 19.2. The van der Waals surface area contributed by atoms with E-state index in [2.05, 4.69) is 4.72 Å². The van der Waals surface area contributed by atoms with Crippen molar-refractivity contribution in [1.29, 1.82) is 0 Å². The number of rotatable bonds is 5. The summed E-state index contributed by atoms with van der Waals surface area (Å²) in [5.41, 5.74) is -0.359. The number of halogens is 1. The molecule has 2 N–H and O–H groups in total. The maximum atomic E-state index is 12.2. The number of hydrogen-bond donors (Lipinski definition) is 2. The molecule has 106 valence electrons. The Morgan fingerprint density at radius 1 is 1.47 bits per heavy atom. The predicted molar refractivity (Wildman–Crippen MR) is 74.7 cm³/mol. The standard InChI is InChI=1S/C13H18ClNO3S/c1-9-3-6-11(14)7-12(9)19(17,18)15-8-13(2,16)10-4-5-10/h3,6-7,10,15-16H,4-5,8H2,1-2H3. The Hall–Kier alpha value is -0.620. The maximum absolute atomic E-state index is 12.2. The molecular weight excluding hydrogens is 286 g/mol. The summed E-state index contributed by atoms with van der Waals surface area (Å²) in [6.07, 6.45) is 1.90. The summed E-state index contributed by atoms with van der Waals surface area (Å²) in [5, 5.41) is 10.5. The molecule has 0 spiro atoms. The summed E-state index contributed by atoms with van der Waals surface area (Å²) < 4.78 is 26.9. The summed E-state index contributed by atoms with van der Waals surface area (Å²) in [6.45, 7) is 3.40. The van der Waals surface area contributed by atoms with Crippen LogP contribution in [0.2, 0.25) is 5.02 Å². The molecule has 0 heterocycles. The van der Waals surface area contributed by atoms with Gasteiger partial charge in [-0.1, -0.05) is 17.7 Å². The third-order valence-electron chi connectivity index (χ3n) is 3.52. The van der Waals surface area contributed by atoms with Crippen LogP contribution in [0.1, 0.15) is 25.3 Å². The van der Waals surface area contributed by atoms with Crippen molar-refractivity contribution < 1.29 is 13.5 Å². The minimum Gasteiger partial charge on any atom is -0.389 e. The fraction of sp³-hybridized carbons (Fsp3) is 0.538. The van der Waals surface area contributed by atoms with E-state index in [0.29, 0.717) is 10.6 Å². The van der Waals surface area contributed by atoms with Crippen molar-refractivity contribution >= 4 is 21.6 Å². The van der Waals surface area contributed by atoms with Gasteiger partial charge in [0.15, 0.2) is 0 Å². The van der Waals surface area contributed by atoms with Gasteiger partial charge in [0.2, 0.25) is 10.0 Å². The lowest BCUT2D eigenvalue weighted by Crippen LogP contribution is -2.42. The van der Waals surface area contributed by atoms with Crippen LogP contribution in [-0.2, 0) is 10.0 Å². The average Bonchev–Trinajstić information content (AvgIpc) is 3.14. The van der Waals surface area contributed by atoms with Gasteiger partial charge in [-0.3, -0.25) is 0 Å². The van der Waals surface area contributed by atoms with Gasteiger partial charge in [-0.2, -0.15) is 0 Å². The monoisotopic (exact) mass is 303 g/mol. The number of hydrogen-bond acceptors (Lipinski definition) is 3. The number of sulfonamides is 1. The Kier molecular flexibility index (Phi) is 3.93. The highest BCUT2D eigenvalue weighted by Gasteiger charge is 2.40. The molecular formula is C13H18ClNO3S. The smallest absolute Gasteiger partial charge is 0.240 e. The highest BCUT2D eigenvalue weighted by atomic mass is 35.5. The largest absolute Gasteiger partial charge is 0.389 e. The molecule has 1 aromatic rings. The molecule has 0 aromatic heterocycles. The van der Waals surface area contributed by atoms with Gasteiger partial charge >= 0.3 is 0 Å². The summed E-state index contributed by atoms with van der Waals surface area (Å²) in [4.78, 5) is 0.159. The van der Waals surface area contributed by atoms with Crippen molar-refractivity contribution in [2.45, 2.75) is 37.2 Å². The molecule has 2 rings (SSSR count). The lowest BCUT2D eigenvalue weighted by atomic mass is 10.0. The molecule has 0 amide bonds. The first-order valence-electron chi connectivity index (χ1n) is 6.20. The second-order valence-corrected chi connectivity index (χ2v) is 7.54. The minimum atomic E-state index is -3.65. The van der Waals surface area contributed by atoms with Crippen LogP contribution in [0.15, 0.2) is 23.1 Å². The lowest BCUT2D eigenvalue weighted by Gasteiger charge is -2.23. The molecule has 0 bridgehead atoms. The zero-order valence-corrected chi connectivity index (χ0v) is 12.6. The highest BCUT2D eigenvalue weighted by Crippen LogP contribution is 2.39. The third kappa shape index (κ3) is 3.48. The molecule has 4 nitrogen and oxygen atoms in total. The van der Waals surface area contributed by atoms with Crippen LogP contribution in [0, 0.1) is 12.8 Å². The van der Waals surface area contributed by atoms with Gasteiger partial charge in [-0.25, -0.2) is 13.1 Å². The van der Waals surface area contributed by atoms with E-state index in [9.17, 15) is 13.5 Å². The summed E-state index contributed by atoms with van der Waals surface area (Å²) in [5.74, 6) is 0.190. The van der Waals surface area contributed by atoms with Gasteiger partial charge in [0.25, 0.3) is 0 Å². The first-order chi connectivity index (χ1) is 8.72. The first-order valence-corrected chi connectivity index (χ1v) is 8.07. The van der Waals surface area contributed by atoms with Crippen LogP contribution in [0.4, 0.5) is 0 Å². The van der Waals surface area contributed by atoms with Crippen molar-refractivity contribution in [2.75, 3.05) is 6.54 Å². The second-order valence-electron chi connectivity index (χ2n) is 5.37. The van der Waals surface area contributed by atoms with E-state index in [1.807, 2.05) is 0 Å². The average molecular weight is 304 g/mol. The predicted octanol–water partition coefficient (Wildman–Crippen LogP) is 2.09. The summed E-state index contributed by atoms with van der Waals surface area (Å²) in [7, 11) is -3.65. The van der Waals surface area contributed by atoms with Gasteiger partial charge in [0.1, 0.15) is 0 Å². The number of aliphatic hydroxyl groups is 1. The van der Waals surface area contributed by atoms with E-state index in [1.165, 1.54) is 6.07 Å². The Morgan fingerprint density at radius 3 is 2.68 bits per heavy atom. The Labute approximate surface area is 118 Å². The van der Waals surface area contributed by atoms with Crippen LogP contribution < -0.4 is 4.72 Å². The van der Waals surface area contributed by atoms with Crippen LogP contribution in [0.25, 0.3) is 0 Å². The first kappa shape index (κ1) is 14.8. The van der Waals surface area contributed by atoms with Crippen molar-refractivity contribution in [3.63, 3.8) is 0 Å². The Morgan fingerprint density at radius 2 is 2.11 bits per heavy atom. The topological polar surface area (TPSA) is 66.4 Å². The van der Waals surface area contributed by atoms with E-state index < -0.39 is 15.6 Å². The third-order valence-corrected chi connectivity index (χ3v) is 5.29. The lowest BCUT2D eigenvalue weighted by molar-refractivity contribution is 0.0422. The molecule has 1 aliphatic rings. The number of nitrogens with one attached hydrogen (secondary N) is 1. The maximum Gasteiger partial charge on any atom is 0.240 e. The fourth-order valence-corrected chi connectivity index (χ4v) is 3.68. The molecule has 1 aromatic carbocycles. The van der Waals surface area contributed by atoms with Gasteiger partial charge in [0.05, 0.1) is 10.5 Å². The molecule has 1 saturated carbocycles. The van der Waals surface area contributed by atoms with Crippen LogP contribution >= 0.6 is 11.6 Å². The fourth-order valence-electron chi connectivity index (χ4n) is 2.03. The van der Waals surface area contributed by atoms with Crippen LogP contribution in [0.3, 0.4) is 0 Å². The molecule has 1 atom stereocenters. The van der Waals surface area contributed by atoms with Gasteiger partial charge < -0.3 is 5.11 Å². The molecule has 0 saturated heterocycles. The molecule has 19 heavy (non-hydrogen) atoms. The van der Waals surface area contributed by atoms with E-state index >= 15 is 0 Å². The van der Waals surface area contributed by atoms with E-state index in [-0.39, 0.29) is 17.4 Å². The summed E-state index contributed by atoms with van der Waals surface area (Å²) in [6, 6.07) is 4.73. The number of benzene rings is 1. The van der Waals surface area contributed by atoms with Crippen LogP contribution in [-0.4, -0.2) is 25.7 Å². The molecule has 1 unspecified atom stereocenters. The Bertz CT molecular complexity index is 580. The van der Waals surface area contributed by atoms with Gasteiger partial charge in [0, 0.05) is 11.6 Å². The Balaban J connectivity index is 2.16. The van der Waals surface area contributed by atoms with Crippen molar-refractivity contribution in [3.05, 3.63) is 28.8 Å². The molecule has 0 aliphatic heterocycles. The van der Waals surface area contributed by atoms with Gasteiger partial charge in [-0.15, -0.1) is 0 Å². The van der Waals surface area contributed by atoms with Crippen molar-refractivity contribution in [2.24, 2.45) is 5.92 Å². The zero-order valence-electron chi connectivity index (χ0n) is 11.0. The number of aryl methyl sites for hydroxylation is 1. The van der Waals surface area contributed by atoms with Crippen LogP contribution in [0.5, 0.6) is 0 Å². The quantitative estimate of drug-likeness (QED) is 0.875. The molecule has 6 heteroatoms. The van der Waals surface area contributed by atoms with Crippen molar-refractivity contribution in [1.82, 2.24) is 4.72 Å². The SMILES string of the molecule is Cc1ccc(Cl)cc1S(=O)(=O)NCC(C)(O)C1CC1. The molecule has 1 fully saturated rings. The molecule has 0 radical (unpaired) electrons. The summed E-state index contributed by atoms with van der Waals surface area (Å²) >= 11 is 5.83. The van der Waals surface area contributed by atoms with E-state index in [0.717, 1.165) is 12.8 Å². The second kappa shape index (κ2) is 5.05. The van der Waals surface area contributed by atoms with Gasteiger partial charge in [-0.05, 0) is 50.3 Å². The highest BCUT2D eigenvalue weighted by molar-refractivity contribution is 7.89. The minimum absolute atomic E-state index is 0.0198. The van der Waals surface area contributed by atoms with Crippen molar-refractivity contribution in [3.8, 4) is 0 Å². The van der Waals surface area contributed by atoms with E-state index in [4.69, 9.17) is 11.6 Å². The zero-order chi connectivity index (χ0) is 14.3. The van der Waals surface area contributed by atoms with E-state index in [1.54, 1.807) is 26.0 Å². The molecule has 1 aliphatic carbocycles.